The predicted molar refractivity (Wildman–Crippen MR) is 74.6 cm³/mol. The molecular formula is C15H18F2N2. The van der Waals surface area contributed by atoms with Gasteiger partial charge in [-0.05, 0) is 43.5 Å². The molecule has 2 nitrogen and oxygen atoms in total. The monoisotopic (exact) mass is 264 g/mol. The molecule has 2 aromatic rings. The van der Waals surface area contributed by atoms with Gasteiger partial charge in [0.05, 0.1) is 0 Å². The Balaban J connectivity index is 2.73. The van der Waals surface area contributed by atoms with E-state index in [1.165, 1.54) is 6.07 Å². The van der Waals surface area contributed by atoms with Crippen LogP contribution < -0.4 is 5.32 Å². The molecule has 0 aliphatic heterocycles. The Morgan fingerprint density at radius 1 is 1.21 bits per heavy atom. The average Bonchev–Trinajstić information content (AvgIpc) is 2.38. The highest BCUT2D eigenvalue weighted by Crippen LogP contribution is 2.27. The van der Waals surface area contributed by atoms with E-state index in [0.717, 1.165) is 18.4 Å². The van der Waals surface area contributed by atoms with Gasteiger partial charge in [-0.15, -0.1) is 0 Å². The van der Waals surface area contributed by atoms with Crippen LogP contribution >= 0.6 is 0 Å². The molecule has 0 aliphatic carbocycles. The average molecular weight is 264 g/mol. The fraction of sp³-hybridized carbons (Fsp3) is 0.400. The lowest BCUT2D eigenvalue weighted by molar-refractivity contribution is 0.607. The second-order valence-electron chi connectivity index (χ2n) is 4.66. The van der Waals surface area contributed by atoms with E-state index in [-0.39, 0.29) is 16.7 Å². The van der Waals surface area contributed by atoms with E-state index in [2.05, 4.69) is 10.3 Å². The molecule has 1 N–H and O–H groups in total. The fourth-order valence-corrected chi connectivity index (χ4v) is 2.22. The van der Waals surface area contributed by atoms with Gasteiger partial charge in [0, 0.05) is 11.9 Å². The first kappa shape index (κ1) is 13.7. The summed E-state index contributed by atoms with van der Waals surface area (Å²) < 4.78 is 28.0. The van der Waals surface area contributed by atoms with Gasteiger partial charge < -0.3 is 5.32 Å². The van der Waals surface area contributed by atoms with Crippen molar-refractivity contribution in [2.75, 3.05) is 11.9 Å². The summed E-state index contributed by atoms with van der Waals surface area (Å²) in [4.78, 5) is 4.26. The Kier molecular flexibility index (Phi) is 3.98. The van der Waals surface area contributed by atoms with Gasteiger partial charge in [0.2, 0.25) is 0 Å². The predicted octanol–water partition coefficient (Wildman–Crippen LogP) is 4.21. The number of rotatable bonds is 4. The van der Waals surface area contributed by atoms with Crippen LogP contribution in [0.5, 0.6) is 0 Å². The first-order valence-electron chi connectivity index (χ1n) is 6.60. The van der Waals surface area contributed by atoms with E-state index in [4.69, 9.17) is 0 Å². The van der Waals surface area contributed by atoms with Crippen LogP contribution in [0.25, 0.3) is 10.9 Å². The van der Waals surface area contributed by atoms with Crippen LogP contribution in [0.2, 0.25) is 0 Å². The summed E-state index contributed by atoms with van der Waals surface area (Å²) >= 11 is 0. The molecule has 0 aliphatic rings. The third-order valence-corrected chi connectivity index (χ3v) is 3.12. The summed E-state index contributed by atoms with van der Waals surface area (Å²) in [5.74, 6) is -0.209. The molecule has 0 radical (unpaired) electrons. The number of pyridine rings is 1. The molecule has 0 amide bonds. The molecule has 1 aromatic carbocycles. The molecule has 0 spiro atoms. The number of benzene rings is 1. The number of fused-ring (bicyclic) bond motifs is 1. The smallest absolute Gasteiger partial charge is 0.149 e. The normalized spacial score (nSPS) is 11.0. The highest BCUT2D eigenvalue weighted by Gasteiger charge is 2.14. The van der Waals surface area contributed by atoms with Crippen molar-refractivity contribution >= 4 is 16.7 Å². The molecule has 2 rings (SSSR count). The van der Waals surface area contributed by atoms with Gasteiger partial charge in [-0.1, -0.05) is 13.3 Å². The van der Waals surface area contributed by atoms with E-state index in [0.29, 0.717) is 17.9 Å². The van der Waals surface area contributed by atoms with E-state index in [9.17, 15) is 8.78 Å². The standard InChI is InChI=1S/C15H18F2N2/c1-4-6-10-8-11-13(17)9(3)7-12(16)14(11)19-15(10)18-5-2/h7-8H,4-6H2,1-3H3,(H,18,19). The zero-order valence-electron chi connectivity index (χ0n) is 11.5. The van der Waals surface area contributed by atoms with Gasteiger partial charge in [0.25, 0.3) is 0 Å². The van der Waals surface area contributed by atoms with Crippen LogP contribution in [0.15, 0.2) is 12.1 Å². The Bertz CT molecular complexity index is 609. The van der Waals surface area contributed by atoms with Crippen molar-refractivity contribution in [3.8, 4) is 0 Å². The summed E-state index contributed by atoms with van der Waals surface area (Å²) in [5, 5.41) is 3.38. The van der Waals surface area contributed by atoms with Gasteiger partial charge in [0.15, 0.2) is 0 Å². The summed E-state index contributed by atoms with van der Waals surface area (Å²) in [5.41, 5.74) is 1.34. The van der Waals surface area contributed by atoms with E-state index >= 15 is 0 Å². The van der Waals surface area contributed by atoms with Crippen molar-refractivity contribution in [1.82, 2.24) is 4.98 Å². The summed E-state index contributed by atoms with van der Waals surface area (Å²) in [6.45, 7) is 6.27. The Morgan fingerprint density at radius 2 is 1.95 bits per heavy atom. The highest BCUT2D eigenvalue weighted by atomic mass is 19.1. The highest BCUT2D eigenvalue weighted by molar-refractivity contribution is 5.83. The van der Waals surface area contributed by atoms with Crippen LogP contribution in [0.4, 0.5) is 14.6 Å². The quantitative estimate of drug-likeness (QED) is 0.895. The molecule has 19 heavy (non-hydrogen) atoms. The van der Waals surface area contributed by atoms with Crippen molar-refractivity contribution in [2.45, 2.75) is 33.6 Å². The number of aryl methyl sites for hydroxylation is 2. The molecule has 1 heterocycles. The maximum atomic E-state index is 14.1. The van der Waals surface area contributed by atoms with Crippen molar-refractivity contribution < 1.29 is 8.78 Å². The fourth-order valence-electron chi connectivity index (χ4n) is 2.22. The number of nitrogens with zero attached hydrogens (tertiary/aromatic N) is 1. The molecule has 4 heteroatoms. The molecule has 0 fully saturated rings. The second-order valence-corrected chi connectivity index (χ2v) is 4.66. The van der Waals surface area contributed by atoms with Crippen LogP contribution in [0.1, 0.15) is 31.4 Å². The number of nitrogens with one attached hydrogen (secondary N) is 1. The first-order valence-corrected chi connectivity index (χ1v) is 6.60. The largest absolute Gasteiger partial charge is 0.370 e. The maximum Gasteiger partial charge on any atom is 0.149 e. The van der Waals surface area contributed by atoms with Crippen LogP contribution in [0.3, 0.4) is 0 Å². The van der Waals surface area contributed by atoms with E-state index in [1.54, 1.807) is 13.0 Å². The van der Waals surface area contributed by atoms with Crippen molar-refractivity contribution in [3.05, 3.63) is 34.9 Å². The molecule has 0 bridgehead atoms. The molecule has 1 aromatic heterocycles. The molecular weight excluding hydrogens is 246 g/mol. The van der Waals surface area contributed by atoms with E-state index < -0.39 is 5.82 Å². The third-order valence-electron chi connectivity index (χ3n) is 3.12. The lowest BCUT2D eigenvalue weighted by atomic mass is 10.0. The number of halogens is 2. The van der Waals surface area contributed by atoms with Crippen molar-refractivity contribution in [1.29, 1.82) is 0 Å². The van der Waals surface area contributed by atoms with Crippen LogP contribution in [-0.2, 0) is 6.42 Å². The van der Waals surface area contributed by atoms with E-state index in [1.807, 2.05) is 13.8 Å². The molecule has 0 saturated heterocycles. The number of anilines is 1. The van der Waals surface area contributed by atoms with Gasteiger partial charge in [-0.25, -0.2) is 13.8 Å². The van der Waals surface area contributed by atoms with Crippen LogP contribution in [0, 0.1) is 18.6 Å². The van der Waals surface area contributed by atoms with Crippen molar-refractivity contribution in [2.24, 2.45) is 0 Å². The zero-order valence-corrected chi connectivity index (χ0v) is 11.5. The molecule has 0 saturated carbocycles. The molecule has 102 valence electrons. The summed E-state index contributed by atoms with van der Waals surface area (Å²) in [6, 6.07) is 2.91. The number of hydrogen-bond acceptors (Lipinski definition) is 2. The molecule has 0 atom stereocenters. The Hall–Kier alpha value is -1.71. The lowest BCUT2D eigenvalue weighted by Gasteiger charge is -2.12. The minimum Gasteiger partial charge on any atom is -0.370 e. The van der Waals surface area contributed by atoms with Gasteiger partial charge >= 0.3 is 0 Å². The number of aromatic nitrogens is 1. The minimum atomic E-state index is -0.476. The SMILES string of the molecule is CCCc1cc2c(F)c(C)cc(F)c2nc1NCC. The third kappa shape index (κ3) is 2.53. The molecule has 0 unspecified atom stereocenters. The lowest BCUT2D eigenvalue weighted by Crippen LogP contribution is -2.05. The van der Waals surface area contributed by atoms with Crippen molar-refractivity contribution in [3.63, 3.8) is 0 Å². The minimum absolute atomic E-state index is 0.0962. The summed E-state index contributed by atoms with van der Waals surface area (Å²) in [6.07, 6.45) is 1.72. The maximum absolute atomic E-state index is 14.1. The summed E-state index contributed by atoms with van der Waals surface area (Å²) in [7, 11) is 0. The van der Waals surface area contributed by atoms with Gasteiger partial charge in [-0.2, -0.15) is 0 Å². The van der Waals surface area contributed by atoms with Gasteiger partial charge in [0.1, 0.15) is 23.0 Å². The second kappa shape index (κ2) is 5.51. The first-order chi connectivity index (χ1) is 9.08. The van der Waals surface area contributed by atoms with Gasteiger partial charge in [-0.3, -0.25) is 0 Å². The zero-order chi connectivity index (χ0) is 14.0. The Morgan fingerprint density at radius 3 is 2.58 bits per heavy atom. The topological polar surface area (TPSA) is 24.9 Å². The Labute approximate surface area is 111 Å². The van der Waals surface area contributed by atoms with Crippen LogP contribution in [-0.4, -0.2) is 11.5 Å². The number of hydrogen-bond donors (Lipinski definition) is 1.